The summed E-state index contributed by atoms with van der Waals surface area (Å²) in [7, 11) is 5.92. The number of carbonyl (C=O) groups excluding carboxylic acids is 3. The fraction of sp³-hybridized carbons (Fsp3) is 0.716. The number of allylic oxidation sites excluding steroid dienone is 18. The van der Waals surface area contributed by atoms with Gasteiger partial charge in [0.15, 0.2) is 12.4 Å². The Bertz CT molecular complexity index is 1730. The lowest BCUT2D eigenvalue weighted by Gasteiger charge is -2.26. The zero-order chi connectivity index (χ0) is 60.5. The van der Waals surface area contributed by atoms with Crippen molar-refractivity contribution >= 4 is 17.9 Å². The van der Waals surface area contributed by atoms with Crippen LogP contribution < -0.4 is 5.11 Å². The number of rotatable bonds is 62. The number of carboxylic acids is 1. The zero-order valence-corrected chi connectivity index (χ0v) is 54.3. The number of ether oxygens (including phenoxy) is 4. The van der Waals surface area contributed by atoms with Gasteiger partial charge >= 0.3 is 11.9 Å². The molecule has 0 saturated carbocycles. The third-order valence-corrected chi connectivity index (χ3v) is 14.5. The predicted octanol–water partition coefficient (Wildman–Crippen LogP) is 19.7. The Morgan fingerprint density at radius 2 is 0.687 bits per heavy atom. The first-order valence-electron chi connectivity index (χ1n) is 34.0. The lowest BCUT2D eigenvalue weighted by atomic mass is 10.0. The van der Waals surface area contributed by atoms with Crippen molar-refractivity contribution in [1.82, 2.24) is 0 Å². The molecule has 0 aliphatic carbocycles. The Labute approximate surface area is 511 Å². The van der Waals surface area contributed by atoms with Gasteiger partial charge in [-0.1, -0.05) is 277 Å². The number of carbonyl (C=O) groups is 3. The molecule has 0 radical (unpaired) electrons. The van der Waals surface area contributed by atoms with Crippen molar-refractivity contribution in [2.45, 2.75) is 296 Å². The number of unbranched alkanes of at least 4 members (excludes halogenated alkanes) is 29. The molecule has 0 aromatic heterocycles. The Morgan fingerprint density at radius 1 is 0.373 bits per heavy atom. The summed E-state index contributed by atoms with van der Waals surface area (Å²) in [6.45, 7) is 4.63. The van der Waals surface area contributed by atoms with Gasteiger partial charge in [-0.05, 0) is 103 Å². The quantitative estimate of drug-likeness (QED) is 0.0195. The van der Waals surface area contributed by atoms with Crippen molar-refractivity contribution in [2.75, 3.05) is 47.5 Å². The summed E-state index contributed by atoms with van der Waals surface area (Å²) < 4.78 is 22.8. The average Bonchev–Trinajstić information content (AvgIpc) is 3.46. The summed E-state index contributed by atoms with van der Waals surface area (Å²) in [6.07, 6.45) is 85.8. The number of aliphatic carboxylic acids is 1. The topological polar surface area (TPSA) is 111 Å². The van der Waals surface area contributed by atoms with Gasteiger partial charge in [0.2, 0.25) is 0 Å². The maximum atomic E-state index is 12.9. The summed E-state index contributed by atoms with van der Waals surface area (Å²) >= 11 is 0. The van der Waals surface area contributed by atoms with Crippen LogP contribution in [0, 0.1) is 0 Å². The third-order valence-electron chi connectivity index (χ3n) is 14.5. The molecule has 0 aliphatic rings. The van der Waals surface area contributed by atoms with Gasteiger partial charge < -0.3 is 33.3 Å². The Kier molecular flexibility index (Phi) is 60.8. The number of hydrogen-bond donors (Lipinski definition) is 0. The molecular weight excluding hydrogens is 1030 g/mol. The first-order valence-corrected chi connectivity index (χ1v) is 34.0. The largest absolute Gasteiger partial charge is 0.545 e. The molecule has 0 aromatic rings. The van der Waals surface area contributed by atoms with E-state index in [9.17, 15) is 19.5 Å². The average molecular weight is 1160 g/mol. The maximum absolute atomic E-state index is 12.9. The van der Waals surface area contributed by atoms with Crippen LogP contribution in [0.2, 0.25) is 0 Å². The van der Waals surface area contributed by atoms with Crippen molar-refractivity contribution in [3.05, 3.63) is 109 Å². The van der Waals surface area contributed by atoms with Gasteiger partial charge in [-0.15, -0.1) is 0 Å². The van der Waals surface area contributed by atoms with E-state index in [0.717, 1.165) is 96.3 Å². The van der Waals surface area contributed by atoms with Gasteiger partial charge in [0, 0.05) is 12.8 Å². The first kappa shape index (κ1) is 79.0. The molecule has 0 spiro atoms. The SMILES string of the molecule is CC/C=C\C/C=C\C/C=C\C/C=C\C/C=C\C/C=C\C/C=C\CCCCCCCCCC(=O)OC(COC(=O)CCCCCCCCCCCCCCCCCCC/C=C\C/C=C\CCCCCCC)COC(OCC[N+](C)(C)C)C(=O)[O-]. The van der Waals surface area contributed by atoms with Crippen LogP contribution >= 0.6 is 0 Å². The standard InChI is InChI=1S/C74H127NO8/c1-6-8-10-12-14-16-18-20-22-24-26-28-30-32-34-36-38-40-42-44-46-48-50-52-54-56-58-60-62-64-71(76)81-68-70(69-82-74(73(78)79)80-67-66-75(3,4)5)83-72(77)65-63-61-59-57-55-53-51-49-47-45-43-41-39-37-35-33-31-29-27-25-23-21-19-17-15-13-11-9-7-2/h9,11,15,17-18,20-21,23-24,26-27,29,33,35,39,41,45,47,70,74H,6-8,10,12-14,16,19,22,25,28,30-32,34,36-38,40,42-44,46,48-69H2,1-5H3/b11-9-,17-15-,20-18-,23-21-,26-24-,29-27-,35-33-,41-39-,47-45-. The Balaban J connectivity index is 4.18. The second-order valence-electron chi connectivity index (χ2n) is 23.7. The Morgan fingerprint density at radius 3 is 1.02 bits per heavy atom. The fourth-order valence-corrected chi connectivity index (χ4v) is 9.31. The van der Waals surface area contributed by atoms with Crippen molar-refractivity contribution in [3.8, 4) is 0 Å². The Hall–Kier alpha value is -4.05. The lowest BCUT2D eigenvalue weighted by Crippen LogP contribution is -2.44. The van der Waals surface area contributed by atoms with E-state index in [2.05, 4.69) is 123 Å². The van der Waals surface area contributed by atoms with Gasteiger partial charge in [0.25, 0.3) is 0 Å². The summed E-state index contributed by atoms with van der Waals surface area (Å²) in [5.74, 6) is -2.30. The smallest absolute Gasteiger partial charge is 0.306 e. The van der Waals surface area contributed by atoms with Crippen LogP contribution in [0.5, 0.6) is 0 Å². The number of quaternary nitrogens is 1. The summed E-state index contributed by atoms with van der Waals surface area (Å²) in [5, 5.41) is 11.8. The van der Waals surface area contributed by atoms with Crippen LogP contribution in [0.1, 0.15) is 284 Å². The van der Waals surface area contributed by atoms with Gasteiger partial charge in [-0.25, -0.2) is 0 Å². The van der Waals surface area contributed by atoms with Crippen LogP contribution in [0.4, 0.5) is 0 Å². The number of carboxylic acid groups (broad SMARTS) is 1. The molecule has 0 saturated heterocycles. The van der Waals surface area contributed by atoms with E-state index in [1.165, 1.54) is 154 Å². The van der Waals surface area contributed by atoms with Crippen LogP contribution in [0.15, 0.2) is 109 Å². The minimum Gasteiger partial charge on any atom is -0.545 e. The van der Waals surface area contributed by atoms with Gasteiger partial charge in [-0.2, -0.15) is 0 Å². The second-order valence-corrected chi connectivity index (χ2v) is 23.7. The van der Waals surface area contributed by atoms with E-state index < -0.39 is 24.3 Å². The van der Waals surface area contributed by atoms with Gasteiger partial charge in [0.1, 0.15) is 13.2 Å². The highest BCUT2D eigenvalue weighted by Crippen LogP contribution is 2.17. The second kappa shape index (κ2) is 64.0. The third kappa shape index (κ3) is 65.3. The molecule has 0 fully saturated rings. The number of likely N-dealkylation sites (N-methyl/N-ethyl adjacent to an activating group) is 1. The highest BCUT2D eigenvalue weighted by atomic mass is 16.7. The molecule has 0 aromatic carbocycles. The fourth-order valence-electron chi connectivity index (χ4n) is 9.31. The highest BCUT2D eigenvalue weighted by molar-refractivity contribution is 5.70. The molecule has 9 nitrogen and oxygen atoms in total. The zero-order valence-electron chi connectivity index (χ0n) is 54.3. The molecule has 83 heavy (non-hydrogen) atoms. The van der Waals surface area contributed by atoms with E-state index in [4.69, 9.17) is 18.9 Å². The molecule has 0 N–H and O–H groups in total. The summed E-state index contributed by atoms with van der Waals surface area (Å²) in [6, 6.07) is 0. The lowest BCUT2D eigenvalue weighted by molar-refractivity contribution is -0.870. The van der Waals surface area contributed by atoms with E-state index in [1.807, 2.05) is 21.1 Å². The molecule has 0 aliphatic heterocycles. The van der Waals surface area contributed by atoms with Gasteiger partial charge in [0.05, 0.1) is 40.3 Å². The van der Waals surface area contributed by atoms with Crippen molar-refractivity contribution in [2.24, 2.45) is 0 Å². The van der Waals surface area contributed by atoms with Crippen LogP contribution in [-0.4, -0.2) is 82.3 Å². The molecule has 2 atom stereocenters. The van der Waals surface area contributed by atoms with Crippen LogP contribution in [-0.2, 0) is 33.3 Å². The van der Waals surface area contributed by atoms with Crippen LogP contribution in [0.25, 0.3) is 0 Å². The minimum atomic E-state index is -1.63. The van der Waals surface area contributed by atoms with E-state index >= 15 is 0 Å². The molecule has 0 amide bonds. The first-order chi connectivity index (χ1) is 40.6. The van der Waals surface area contributed by atoms with Crippen molar-refractivity contribution < 1.29 is 42.9 Å². The van der Waals surface area contributed by atoms with E-state index in [0.29, 0.717) is 17.4 Å². The van der Waals surface area contributed by atoms with E-state index in [-0.39, 0.29) is 38.6 Å². The van der Waals surface area contributed by atoms with E-state index in [1.54, 1.807) is 0 Å². The molecule has 2 unspecified atom stereocenters. The summed E-state index contributed by atoms with van der Waals surface area (Å²) in [5.41, 5.74) is 0. The monoisotopic (exact) mass is 1160 g/mol. The highest BCUT2D eigenvalue weighted by Gasteiger charge is 2.22. The maximum Gasteiger partial charge on any atom is 0.306 e. The molecule has 0 rings (SSSR count). The number of esters is 2. The molecular formula is C74H127NO8. The summed E-state index contributed by atoms with van der Waals surface area (Å²) in [4.78, 5) is 37.5. The van der Waals surface area contributed by atoms with Crippen LogP contribution in [0.3, 0.4) is 0 Å². The normalized spacial score (nSPS) is 13.4. The van der Waals surface area contributed by atoms with Gasteiger partial charge in [-0.3, -0.25) is 9.59 Å². The number of nitrogens with zero attached hydrogens (tertiary/aromatic N) is 1. The minimum absolute atomic E-state index is 0.141. The predicted molar refractivity (Wildman–Crippen MR) is 352 cm³/mol. The molecule has 476 valence electrons. The molecule has 9 heteroatoms. The number of hydrogen-bond acceptors (Lipinski definition) is 8. The van der Waals surface area contributed by atoms with Crippen molar-refractivity contribution in [3.63, 3.8) is 0 Å². The van der Waals surface area contributed by atoms with Crippen molar-refractivity contribution in [1.29, 1.82) is 0 Å². The molecule has 0 heterocycles. The molecule has 0 bridgehead atoms.